The molecule has 1 aliphatic rings. The van der Waals surface area contributed by atoms with Crippen molar-refractivity contribution in [3.8, 4) is 0 Å². The molecule has 1 fully saturated rings. The summed E-state index contributed by atoms with van der Waals surface area (Å²) in [5.74, 6) is 0.256. The van der Waals surface area contributed by atoms with E-state index in [-0.39, 0.29) is 11.9 Å². The Morgan fingerprint density at radius 1 is 1.59 bits per heavy atom. The number of hydrogen-bond donors (Lipinski definition) is 1. The zero-order valence-corrected chi connectivity index (χ0v) is 11.5. The van der Waals surface area contributed by atoms with Crippen molar-refractivity contribution in [1.29, 1.82) is 0 Å². The predicted octanol–water partition coefficient (Wildman–Crippen LogP) is 1.06. The highest BCUT2D eigenvalue weighted by Gasteiger charge is 2.23. The van der Waals surface area contributed by atoms with Crippen molar-refractivity contribution in [2.45, 2.75) is 51.1 Å². The molecular weight excluding hydrogens is 214 g/mol. The molecule has 4 heteroatoms. The molecule has 100 valence electrons. The summed E-state index contributed by atoms with van der Waals surface area (Å²) in [5.41, 5.74) is 5.67. The minimum Gasteiger partial charge on any atom is -0.344 e. The molecule has 1 rings (SSSR count). The van der Waals surface area contributed by atoms with E-state index in [2.05, 4.69) is 11.9 Å². The van der Waals surface area contributed by atoms with E-state index in [0.29, 0.717) is 12.5 Å². The van der Waals surface area contributed by atoms with Gasteiger partial charge in [0.05, 0.1) is 0 Å². The zero-order chi connectivity index (χ0) is 12.8. The Morgan fingerprint density at radius 2 is 2.29 bits per heavy atom. The molecule has 1 heterocycles. The molecule has 1 amide bonds. The average molecular weight is 241 g/mol. The molecule has 2 atom stereocenters. The van der Waals surface area contributed by atoms with Crippen LogP contribution in [0.15, 0.2) is 0 Å². The summed E-state index contributed by atoms with van der Waals surface area (Å²) in [6, 6.07) is 0.756. The molecular formula is C13H27N3O. The van der Waals surface area contributed by atoms with Crippen LogP contribution >= 0.6 is 0 Å². The topological polar surface area (TPSA) is 49.6 Å². The Morgan fingerprint density at radius 3 is 2.82 bits per heavy atom. The molecule has 0 radical (unpaired) electrons. The van der Waals surface area contributed by atoms with Gasteiger partial charge in [0.15, 0.2) is 0 Å². The second kappa shape index (κ2) is 6.97. The Bertz CT molecular complexity index is 243. The van der Waals surface area contributed by atoms with Gasteiger partial charge in [-0.05, 0) is 46.2 Å². The monoisotopic (exact) mass is 241 g/mol. The van der Waals surface area contributed by atoms with Gasteiger partial charge >= 0.3 is 0 Å². The molecule has 0 aromatic rings. The fraction of sp³-hybridized carbons (Fsp3) is 0.923. The normalized spacial score (nSPS) is 22.7. The van der Waals surface area contributed by atoms with Gasteiger partial charge in [-0.3, -0.25) is 4.79 Å². The van der Waals surface area contributed by atoms with E-state index in [1.165, 1.54) is 12.8 Å². The number of likely N-dealkylation sites (tertiary alicyclic amines) is 1. The van der Waals surface area contributed by atoms with Crippen LogP contribution in [0.1, 0.15) is 39.0 Å². The average Bonchev–Trinajstić information content (AvgIpc) is 2.63. The highest BCUT2D eigenvalue weighted by Crippen LogP contribution is 2.15. The van der Waals surface area contributed by atoms with Crippen LogP contribution in [0, 0.1) is 0 Å². The quantitative estimate of drug-likeness (QED) is 0.756. The first-order valence-electron chi connectivity index (χ1n) is 6.70. The summed E-state index contributed by atoms with van der Waals surface area (Å²) in [7, 11) is 4.06. The summed E-state index contributed by atoms with van der Waals surface area (Å²) >= 11 is 0. The van der Waals surface area contributed by atoms with Crippen LogP contribution in [0.4, 0.5) is 0 Å². The molecule has 17 heavy (non-hydrogen) atoms. The van der Waals surface area contributed by atoms with E-state index in [1.54, 1.807) is 0 Å². The molecule has 0 bridgehead atoms. The number of rotatable bonds is 6. The van der Waals surface area contributed by atoms with Crippen molar-refractivity contribution in [3.63, 3.8) is 0 Å². The Hall–Kier alpha value is -0.610. The lowest BCUT2D eigenvalue weighted by atomic mass is 10.1. The van der Waals surface area contributed by atoms with Crippen LogP contribution < -0.4 is 5.73 Å². The van der Waals surface area contributed by atoms with Crippen LogP contribution in [-0.4, -0.2) is 55.0 Å². The van der Waals surface area contributed by atoms with Crippen molar-refractivity contribution in [3.05, 3.63) is 0 Å². The first-order chi connectivity index (χ1) is 8.00. The smallest absolute Gasteiger partial charge is 0.222 e. The number of carbonyl (C=O) groups is 1. The SMILES string of the molecule is CC(N)CCCC(=O)N(C)CC1CCCN1C. The van der Waals surface area contributed by atoms with Gasteiger partial charge in [-0.25, -0.2) is 0 Å². The third-order valence-corrected chi connectivity index (χ3v) is 3.63. The minimum atomic E-state index is 0.203. The maximum absolute atomic E-state index is 11.9. The van der Waals surface area contributed by atoms with E-state index in [1.807, 2.05) is 18.9 Å². The number of amides is 1. The molecule has 2 N–H and O–H groups in total. The zero-order valence-electron chi connectivity index (χ0n) is 11.5. The Kier molecular flexibility index (Phi) is 5.92. The lowest BCUT2D eigenvalue weighted by Gasteiger charge is -2.26. The first-order valence-corrected chi connectivity index (χ1v) is 6.70. The minimum absolute atomic E-state index is 0.203. The van der Waals surface area contributed by atoms with E-state index in [0.717, 1.165) is 25.9 Å². The van der Waals surface area contributed by atoms with Gasteiger partial charge in [0, 0.05) is 32.1 Å². The lowest BCUT2D eigenvalue weighted by Crippen LogP contribution is -2.39. The largest absolute Gasteiger partial charge is 0.344 e. The van der Waals surface area contributed by atoms with Gasteiger partial charge in [0.25, 0.3) is 0 Å². The van der Waals surface area contributed by atoms with E-state index in [4.69, 9.17) is 5.73 Å². The summed E-state index contributed by atoms with van der Waals surface area (Å²) in [5, 5.41) is 0. The molecule has 0 aromatic carbocycles. The fourth-order valence-corrected chi connectivity index (χ4v) is 2.39. The van der Waals surface area contributed by atoms with Gasteiger partial charge < -0.3 is 15.5 Å². The summed E-state index contributed by atoms with van der Waals surface area (Å²) < 4.78 is 0. The van der Waals surface area contributed by atoms with Crippen LogP contribution in [-0.2, 0) is 4.79 Å². The molecule has 0 aromatic heterocycles. The van der Waals surface area contributed by atoms with Crippen molar-refractivity contribution in [1.82, 2.24) is 9.80 Å². The maximum atomic E-state index is 11.9. The van der Waals surface area contributed by atoms with Gasteiger partial charge in [0.1, 0.15) is 0 Å². The van der Waals surface area contributed by atoms with Gasteiger partial charge in [-0.15, -0.1) is 0 Å². The van der Waals surface area contributed by atoms with E-state index >= 15 is 0 Å². The van der Waals surface area contributed by atoms with Crippen LogP contribution in [0.5, 0.6) is 0 Å². The lowest BCUT2D eigenvalue weighted by molar-refractivity contribution is -0.130. The highest BCUT2D eigenvalue weighted by molar-refractivity contribution is 5.75. The maximum Gasteiger partial charge on any atom is 0.222 e. The van der Waals surface area contributed by atoms with Crippen molar-refractivity contribution < 1.29 is 4.79 Å². The standard InChI is InChI=1S/C13H27N3O/c1-11(14)6-4-8-13(17)16(3)10-12-7-5-9-15(12)2/h11-12H,4-10,14H2,1-3H3. The molecule has 4 nitrogen and oxygen atoms in total. The predicted molar refractivity (Wildman–Crippen MR) is 70.8 cm³/mol. The number of nitrogens with two attached hydrogens (primary N) is 1. The number of likely N-dealkylation sites (N-methyl/N-ethyl adjacent to an activating group) is 2. The third-order valence-electron chi connectivity index (χ3n) is 3.63. The van der Waals surface area contributed by atoms with Crippen molar-refractivity contribution in [2.75, 3.05) is 27.2 Å². The number of hydrogen-bond acceptors (Lipinski definition) is 3. The summed E-state index contributed by atoms with van der Waals surface area (Å²) in [4.78, 5) is 16.1. The Balaban J connectivity index is 2.22. The van der Waals surface area contributed by atoms with Crippen LogP contribution in [0.2, 0.25) is 0 Å². The molecule has 1 aliphatic heterocycles. The second-order valence-corrected chi connectivity index (χ2v) is 5.42. The molecule has 0 aliphatic carbocycles. The van der Waals surface area contributed by atoms with E-state index in [9.17, 15) is 4.79 Å². The van der Waals surface area contributed by atoms with Gasteiger partial charge in [-0.2, -0.15) is 0 Å². The first kappa shape index (κ1) is 14.5. The third kappa shape index (κ3) is 5.04. The molecule has 0 spiro atoms. The number of carbonyl (C=O) groups excluding carboxylic acids is 1. The molecule has 0 saturated carbocycles. The second-order valence-electron chi connectivity index (χ2n) is 5.42. The molecule has 2 unspecified atom stereocenters. The fourth-order valence-electron chi connectivity index (χ4n) is 2.39. The number of nitrogens with zero attached hydrogens (tertiary/aromatic N) is 2. The van der Waals surface area contributed by atoms with Crippen LogP contribution in [0.3, 0.4) is 0 Å². The molecule has 1 saturated heterocycles. The van der Waals surface area contributed by atoms with Crippen molar-refractivity contribution in [2.24, 2.45) is 5.73 Å². The summed E-state index contributed by atoms with van der Waals surface area (Å²) in [6.45, 7) is 4.02. The summed E-state index contributed by atoms with van der Waals surface area (Å²) in [6.07, 6.45) is 4.95. The highest BCUT2D eigenvalue weighted by atomic mass is 16.2. The van der Waals surface area contributed by atoms with Gasteiger partial charge in [-0.1, -0.05) is 0 Å². The van der Waals surface area contributed by atoms with E-state index < -0.39 is 0 Å². The van der Waals surface area contributed by atoms with Crippen LogP contribution in [0.25, 0.3) is 0 Å². The van der Waals surface area contributed by atoms with Gasteiger partial charge in [0.2, 0.25) is 5.91 Å². The van der Waals surface area contributed by atoms with Crippen molar-refractivity contribution >= 4 is 5.91 Å². The Labute approximate surface area is 105 Å².